The molecule has 2 aromatic rings. The summed E-state index contributed by atoms with van der Waals surface area (Å²) in [6.45, 7) is 9.67. The Balaban J connectivity index is 1.43. The van der Waals surface area contributed by atoms with Gasteiger partial charge in [0.25, 0.3) is 5.91 Å². The molecular formula is C22H27BN2O3. The smallest absolute Gasteiger partial charge is 0.399 e. The first-order valence-corrected chi connectivity index (χ1v) is 9.92. The molecule has 1 atom stereocenters. The standard InChI is InChI=1S/C22H27BN2O3/c1-21(2)22(3,4)28-23(27-21)19-9-7-16(8-10-19)20(26)25-13-11-18(15-25)17-6-5-12-24-14-17/h5-10,12,14,18H,11,13,15H2,1-4H3. The van der Waals surface area contributed by atoms with Crippen LogP contribution in [0.2, 0.25) is 0 Å². The predicted molar refractivity (Wildman–Crippen MR) is 110 cm³/mol. The molecular weight excluding hydrogens is 351 g/mol. The lowest BCUT2D eigenvalue weighted by Crippen LogP contribution is -2.41. The fourth-order valence-electron chi connectivity index (χ4n) is 3.78. The van der Waals surface area contributed by atoms with Crippen molar-refractivity contribution in [2.24, 2.45) is 0 Å². The van der Waals surface area contributed by atoms with Crippen molar-refractivity contribution >= 4 is 18.5 Å². The third kappa shape index (κ3) is 3.47. The van der Waals surface area contributed by atoms with E-state index in [1.165, 1.54) is 5.56 Å². The van der Waals surface area contributed by atoms with E-state index in [1.807, 2.05) is 69.1 Å². The van der Waals surface area contributed by atoms with Crippen molar-refractivity contribution in [3.63, 3.8) is 0 Å². The molecule has 0 spiro atoms. The van der Waals surface area contributed by atoms with Gasteiger partial charge >= 0.3 is 7.12 Å². The quantitative estimate of drug-likeness (QED) is 0.771. The zero-order valence-electron chi connectivity index (χ0n) is 17.0. The van der Waals surface area contributed by atoms with Crippen LogP contribution >= 0.6 is 0 Å². The monoisotopic (exact) mass is 378 g/mol. The van der Waals surface area contributed by atoms with Gasteiger partial charge in [0.1, 0.15) is 0 Å². The first kappa shape index (κ1) is 19.2. The number of aromatic nitrogens is 1. The predicted octanol–water partition coefficient (Wildman–Crippen LogP) is 3.01. The van der Waals surface area contributed by atoms with E-state index < -0.39 is 7.12 Å². The van der Waals surface area contributed by atoms with Crippen LogP contribution in [0, 0.1) is 0 Å². The van der Waals surface area contributed by atoms with E-state index in [2.05, 4.69) is 11.1 Å². The Labute approximate surface area is 167 Å². The molecule has 6 heteroatoms. The number of carbonyl (C=O) groups is 1. The zero-order chi connectivity index (χ0) is 19.9. The van der Waals surface area contributed by atoms with Gasteiger partial charge in [-0.2, -0.15) is 0 Å². The fraction of sp³-hybridized carbons (Fsp3) is 0.455. The topological polar surface area (TPSA) is 51.7 Å². The van der Waals surface area contributed by atoms with Gasteiger partial charge in [-0.25, -0.2) is 0 Å². The molecule has 146 valence electrons. The second-order valence-corrected chi connectivity index (χ2v) is 8.73. The van der Waals surface area contributed by atoms with Gasteiger partial charge in [0, 0.05) is 37.0 Å². The number of rotatable bonds is 3. The highest BCUT2D eigenvalue weighted by Crippen LogP contribution is 2.36. The SMILES string of the molecule is CC1(C)OB(c2ccc(C(=O)N3CCC(c4cccnc4)C3)cc2)OC1(C)C. The Morgan fingerprint density at radius 2 is 1.79 bits per heavy atom. The van der Waals surface area contributed by atoms with Crippen LogP contribution in [0.4, 0.5) is 0 Å². The highest BCUT2D eigenvalue weighted by molar-refractivity contribution is 6.62. The van der Waals surface area contributed by atoms with E-state index in [4.69, 9.17) is 9.31 Å². The molecule has 2 aliphatic heterocycles. The van der Waals surface area contributed by atoms with Crippen LogP contribution in [-0.2, 0) is 9.31 Å². The van der Waals surface area contributed by atoms with Gasteiger partial charge in [-0.05, 0) is 63.3 Å². The molecule has 0 radical (unpaired) electrons. The number of carbonyl (C=O) groups excluding carboxylic acids is 1. The van der Waals surface area contributed by atoms with Gasteiger partial charge in [-0.15, -0.1) is 0 Å². The maximum atomic E-state index is 12.9. The maximum Gasteiger partial charge on any atom is 0.494 e. The molecule has 0 saturated carbocycles. The summed E-state index contributed by atoms with van der Waals surface area (Å²) in [5.74, 6) is 0.438. The second-order valence-electron chi connectivity index (χ2n) is 8.73. The van der Waals surface area contributed by atoms with Crippen molar-refractivity contribution in [1.29, 1.82) is 0 Å². The van der Waals surface area contributed by atoms with Gasteiger partial charge in [0.05, 0.1) is 11.2 Å². The van der Waals surface area contributed by atoms with Gasteiger partial charge in [-0.1, -0.05) is 18.2 Å². The first-order chi connectivity index (χ1) is 13.3. The van der Waals surface area contributed by atoms with Crippen molar-refractivity contribution in [1.82, 2.24) is 9.88 Å². The molecule has 0 bridgehead atoms. The van der Waals surface area contributed by atoms with Gasteiger partial charge in [0.15, 0.2) is 0 Å². The van der Waals surface area contributed by atoms with Gasteiger partial charge < -0.3 is 14.2 Å². The summed E-state index contributed by atoms with van der Waals surface area (Å²) in [5.41, 5.74) is 2.09. The van der Waals surface area contributed by atoms with Crippen molar-refractivity contribution in [3.8, 4) is 0 Å². The third-order valence-electron chi connectivity index (χ3n) is 6.31. The molecule has 0 N–H and O–H groups in total. The Kier molecular flexibility index (Phi) is 4.80. The molecule has 2 saturated heterocycles. The number of pyridine rings is 1. The summed E-state index contributed by atoms with van der Waals surface area (Å²) < 4.78 is 12.2. The number of likely N-dealkylation sites (tertiary alicyclic amines) is 1. The van der Waals surface area contributed by atoms with E-state index in [0.29, 0.717) is 11.5 Å². The molecule has 3 heterocycles. The summed E-state index contributed by atoms with van der Waals surface area (Å²) in [6.07, 6.45) is 4.66. The molecule has 1 aromatic heterocycles. The minimum atomic E-state index is -0.407. The molecule has 1 amide bonds. The fourth-order valence-corrected chi connectivity index (χ4v) is 3.78. The van der Waals surface area contributed by atoms with E-state index in [1.54, 1.807) is 6.20 Å². The van der Waals surface area contributed by atoms with Crippen LogP contribution in [0.5, 0.6) is 0 Å². The normalized spacial score (nSPS) is 23.2. The zero-order valence-corrected chi connectivity index (χ0v) is 17.0. The van der Waals surface area contributed by atoms with Crippen LogP contribution in [0.3, 0.4) is 0 Å². The summed E-state index contributed by atoms with van der Waals surface area (Å²) in [4.78, 5) is 19.0. The molecule has 0 aliphatic carbocycles. The van der Waals surface area contributed by atoms with Crippen molar-refractivity contribution in [3.05, 3.63) is 59.9 Å². The van der Waals surface area contributed by atoms with Crippen molar-refractivity contribution < 1.29 is 14.1 Å². The van der Waals surface area contributed by atoms with E-state index in [9.17, 15) is 4.79 Å². The number of hydrogen-bond donors (Lipinski definition) is 0. The largest absolute Gasteiger partial charge is 0.494 e. The molecule has 5 nitrogen and oxygen atoms in total. The number of benzene rings is 1. The van der Waals surface area contributed by atoms with Gasteiger partial charge in [-0.3, -0.25) is 9.78 Å². The van der Waals surface area contributed by atoms with E-state index in [-0.39, 0.29) is 17.1 Å². The minimum Gasteiger partial charge on any atom is -0.399 e. The lowest BCUT2D eigenvalue weighted by molar-refractivity contribution is 0.00578. The molecule has 4 rings (SSSR count). The Bertz CT molecular complexity index is 836. The van der Waals surface area contributed by atoms with Crippen LogP contribution in [0.1, 0.15) is 56.0 Å². The molecule has 1 aromatic carbocycles. The molecule has 28 heavy (non-hydrogen) atoms. The number of nitrogens with zero attached hydrogens (tertiary/aromatic N) is 2. The van der Waals surface area contributed by atoms with Crippen LogP contribution < -0.4 is 5.46 Å². The summed E-state index contributed by atoms with van der Waals surface area (Å²) in [6, 6.07) is 11.7. The van der Waals surface area contributed by atoms with Gasteiger partial charge in [0.2, 0.25) is 0 Å². The third-order valence-corrected chi connectivity index (χ3v) is 6.31. The van der Waals surface area contributed by atoms with E-state index >= 15 is 0 Å². The Hall–Kier alpha value is -2.18. The van der Waals surface area contributed by atoms with E-state index in [0.717, 1.165) is 25.0 Å². The summed E-state index contributed by atoms with van der Waals surface area (Å²) >= 11 is 0. The average Bonchev–Trinajstić information content (AvgIpc) is 3.25. The molecule has 1 unspecified atom stereocenters. The lowest BCUT2D eigenvalue weighted by atomic mass is 9.79. The van der Waals surface area contributed by atoms with Crippen LogP contribution in [-0.4, -0.2) is 47.2 Å². The lowest BCUT2D eigenvalue weighted by Gasteiger charge is -2.32. The number of amides is 1. The average molecular weight is 378 g/mol. The van der Waals surface area contributed by atoms with Crippen molar-refractivity contribution in [2.75, 3.05) is 13.1 Å². The molecule has 2 aliphatic rings. The Morgan fingerprint density at radius 1 is 1.11 bits per heavy atom. The highest BCUT2D eigenvalue weighted by atomic mass is 16.7. The molecule has 2 fully saturated rings. The van der Waals surface area contributed by atoms with Crippen LogP contribution in [0.25, 0.3) is 0 Å². The highest BCUT2D eigenvalue weighted by Gasteiger charge is 2.51. The summed E-state index contributed by atoms with van der Waals surface area (Å²) in [5, 5.41) is 0. The summed E-state index contributed by atoms with van der Waals surface area (Å²) in [7, 11) is -0.407. The number of hydrogen-bond acceptors (Lipinski definition) is 4. The Morgan fingerprint density at radius 3 is 2.39 bits per heavy atom. The minimum absolute atomic E-state index is 0.0758. The second kappa shape index (κ2) is 7.01. The van der Waals surface area contributed by atoms with Crippen LogP contribution in [0.15, 0.2) is 48.8 Å². The first-order valence-electron chi connectivity index (χ1n) is 9.92. The van der Waals surface area contributed by atoms with Crippen molar-refractivity contribution in [2.45, 2.75) is 51.2 Å². The maximum absolute atomic E-state index is 12.9.